The van der Waals surface area contributed by atoms with Crippen molar-refractivity contribution in [2.24, 2.45) is 0 Å². The lowest BCUT2D eigenvalue weighted by Gasteiger charge is -2.09. The van der Waals surface area contributed by atoms with Crippen LogP contribution in [0.25, 0.3) is 10.8 Å². The number of hydrogen-bond acceptors (Lipinski definition) is 5. The third kappa shape index (κ3) is 4.84. The van der Waals surface area contributed by atoms with Gasteiger partial charge in [0.1, 0.15) is 23.2 Å². The van der Waals surface area contributed by atoms with Crippen molar-refractivity contribution >= 4 is 22.5 Å². The Morgan fingerprint density at radius 3 is 2.47 bits per heavy atom. The van der Waals surface area contributed by atoms with Gasteiger partial charge in [-0.2, -0.15) is 5.10 Å². The molecule has 1 saturated carbocycles. The Morgan fingerprint density at radius 2 is 1.76 bits per heavy atom. The number of pyridine rings is 1. The molecule has 5 aromatic rings. The Bertz CT molecular complexity index is 1640. The van der Waals surface area contributed by atoms with Gasteiger partial charge in [0.15, 0.2) is 5.82 Å². The highest BCUT2D eigenvalue weighted by Gasteiger charge is 2.30. The van der Waals surface area contributed by atoms with Gasteiger partial charge in [0.05, 0.1) is 18.9 Å². The molecule has 1 fully saturated rings. The number of hydrogen-bond donors (Lipinski definition) is 2. The number of fused-ring (bicyclic) bond motifs is 1. The highest BCUT2D eigenvalue weighted by molar-refractivity contribution is 5.93. The third-order valence-electron chi connectivity index (χ3n) is 6.73. The maximum Gasteiger partial charge on any atom is 0.271 e. The summed E-state index contributed by atoms with van der Waals surface area (Å²) in [6.45, 7) is 1.07. The highest BCUT2D eigenvalue weighted by atomic mass is 19.1. The maximum atomic E-state index is 15.0. The van der Waals surface area contributed by atoms with Crippen LogP contribution in [0.2, 0.25) is 0 Å². The first-order valence-electron chi connectivity index (χ1n) is 12.4. The van der Waals surface area contributed by atoms with Gasteiger partial charge in [-0.05, 0) is 30.0 Å². The van der Waals surface area contributed by atoms with Gasteiger partial charge in [0, 0.05) is 47.7 Å². The molecule has 3 N–H and O–H groups in total. The standard InChI is InChI=1S/C28H25F2N7O/c29-21-12-34-37(15-21)14-18-3-1-17(2-4-18)13-36-16-24(35-27(36)19-5-6-19)28(38)33-11-20-7-8-23-22(25(20)30)9-10-32-26(23)31/h1-4,7-10,12,15-16,19H,5-6,11,13-14H2,(H2,31,32)(H,33,38). The molecule has 1 aliphatic rings. The fourth-order valence-corrected chi connectivity index (χ4v) is 4.58. The molecular weight excluding hydrogens is 488 g/mol. The minimum Gasteiger partial charge on any atom is -0.383 e. The highest BCUT2D eigenvalue weighted by Crippen LogP contribution is 2.39. The molecule has 0 radical (unpaired) electrons. The number of nitrogens with one attached hydrogen (secondary N) is 1. The first-order chi connectivity index (χ1) is 18.4. The van der Waals surface area contributed by atoms with Crippen molar-refractivity contribution in [3.8, 4) is 0 Å². The molecule has 2 aromatic carbocycles. The fourth-order valence-electron chi connectivity index (χ4n) is 4.58. The van der Waals surface area contributed by atoms with Crippen molar-refractivity contribution in [2.75, 3.05) is 5.73 Å². The van der Waals surface area contributed by atoms with Crippen LogP contribution in [0.4, 0.5) is 14.6 Å². The molecule has 3 aromatic heterocycles. The maximum absolute atomic E-state index is 15.0. The van der Waals surface area contributed by atoms with E-state index < -0.39 is 5.82 Å². The van der Waals surface area contributed by atoms with Gasteiger partial charge in [-0.25, -0.2) is 18.7 Å². The first kappa shape index (κ1) is 23.8. The fraction of sp³-hybridized carbons (Fsp3) is 0.214. The number of amides is 1. The molecule has 0 atom stereocenters. The Morgan fingerprint density at radius 1 is 1.00 bits per heavy atom. The first-order valence-corrected chi connectivity index (χ1v) is 12.4. The lowest BCUT2D eigenvalue weighted by Crippen LogP contribution is -2.23. The average molecular weight is 514 g/mol. The number of nitrogens with two attached hydrogens (primary N) is 1. The lowest BCUT2D eigenvalue weighted by molar-refractivity contribution is 0.0946. The molecule has 38 heavy (non-hydrogen) atoms. The molecule has 10 heteroatoms. The van der Waals surface area contributed by atoms with Crippen LogP contribution in [-0.2, 0) is 19.6 Å². The number of imidazole rings is 1. The zero-order chi connectivity index (χ0) is 26.2. The van der Waals surface area contributed by atoms with E-state index in [1.807, 2.05) is 28.8 Å². The molecule has 0 spiro atoms. The SMILES string of the molecule is Nc1nccc2c(F)c(CNC(=O)c3cn(Cc4ccc(Cn5cc(F)cn5)cc4)c(C4CC4)n3)ccc12. The van der Waals surface area contributed by atoms with E-state index in [9.17, 15) is 9.18 Å². The van der Waals surface area contributed by atoms with E-state index in [0.717, 1.165) is 29.8 Å². The topological polar surface area (TPSA) is 104 Å². The number of carbonyl (C=O) groups is 1. The van der Waals surface area contributed by atoms with Crippen molar-refractivity contribution in [1.82, 2.24) is 29.6 Å². The largest absolute Gasteiger partial charge is 0.383 e. The number of nitrogens with zero attached hydrogens (tertiary/aromatic N) is 5. The summed E-state index contributed by atoms with van der Waals surface area (Å²) in [5.74, 6) is 0.328. The predicted molar refractivity (Wildman–Crippen MR) is 138 cm³/mol. The van der Waals surface area contributed by atoms with Crippen LogP contribution in [0.3, 0.4) is 0 Å². The average Bonchev–Trinajstić information content (AvgIpc) is 3.55. The zero-order valence-corrected chi connectivity index (χ0v) is 20.4. The molecule has 8 nitrogen and oxygen atoms in total. The number of rotatable bonds is 8. The number of aromatic nitrogens is 5. The molecule has 0 saturated heterocycles. The van der Waals surface area contributed by atoms with Crippen LogP contribution < -0.4 is 11.1 Å². The summed E-state index contributed by atoms with van der Waals surface area (Å²) in [4.78, 5) is 21.6. The lowest BCUT2D eigenvalue weighted by atomic mass is 10.1. The smallest absolute Gasteiger partial charge is 0.271 e. The molecule has 0 aliphatic heterocycles. The van der Waals surface area contributed by atoms with E-state index in [-0.39, 0.29) is 24.1 Å². The minimum absolute atomic E-state index is 0.0239. The van der Waals surface area contributed by atoms with Gasteiger partial charge in [-0.3, -0.25) is 9.48 Å². The van der Waals surface area contributed by atoms with E-state index in [2.05, 4.69) is 20.4 Å². The minimum atomic E-state index is -0.428. The number of carbonyl (C=O) groups excluding carboxylic acids is 1. The van der Waals surface area contributed by atoms with Crippen LogP contribution in [0, 0.1) is 11.6 Å². The number of benzene rings is 2. The van der Waals surface area contributed by atoms with Crippen LogP contribution in [0.1, 0.15) is 51.8 Å². The van der Waals surface area contributed by atoms with Crippen LogP contribution in [-0.4, -0.2) is 30.2 Å². The number of nitrogen functional groups attached to an aromatic ring is 1. The van der Waals surface area contributed by atoms with Gasteiger partial charge in [0.2, 0.25) is 0 Å². The number of anilines is 1. The molecule has 3 heterocycles. The molecule has 0 bridgehead atoms. The summed E-state index contributed by atoms with van der Waals surface area (Å²) in [6, 6.07) is 12.9. The van der Waals surface area contributed by atoms with E-state index in [1.165, 1.54) is 18.6 Å². The van der Waals surface area contributed by atoms with E-state index in [1.54, 1.807) is 29.1 Å². The monoisotopic (exact) mass is 513 g/mol. The third-order valence-corrected chi connectivity index (χ3v) is 6.73. The Hall–Kier alpha value is -4.60. The predicted octanol–water partition coefficient (Wildman–Crippen LogP) is 4.39. The van der Waals surface area contributed by atoms with Crippen molar-refractivity contribution in [2.45, 2.75) is 38.4 Å². The van der Waals surface area contributed by atoms with E-state index in [4.69, 9.17) is 5.73 Å². The van der Waals surface area contributed by atoms with Gasteiger partial charge in [-0.15, -0.1) is 0 Å². The normalized spacial score (nSPS) is 13.2. The Labute approximate surface area is 217 Å². The van der Waals surface area contributed by atoms with Crippen molar-refractivity contribution < 1.29 is 13.6 Å². The van der Waals surface area contributed by atoms with Crippen molar-refractivity contribution in [1.29, 1.82) is 0 Å². The summed E-state index contributed by atoms with van der Waals surface area (Å²) in [6.07, 6.45) is 7.84. The summed E-state index contributed by atoms with van der Waals surface area (Å²) in [7, 11) is 0. The summed E-state index contributed by atoms with van der Waals surface area (Å²) in [5, 5.41) is 7.68. The van der Waals surface area contributed by atoms with E-state index in [0.29, 0.717) is 41.0 Å². The van der Waals surface area contributed by atoms with Crippen LogP contribution in [0.5, 0.6) is 0 Å². The van der Waals surface area contributed by atoms with Gasteiger partial charge >= 0.3 is 0 Å². The Balaban J connectivity index is 1.15. The molecule has 1 aliphatic carbocycles. The number of halogens is 2. The Kier molecular flexibility index (Phi) is 6.07. The molecule has 0 unspecified atom stereocenters. The van der Waals surface area contributed by atoms with Gasteiger partial charge in [0.25, 0.3) is 5.91 Å². The molecule has 192 valence electrons. The van der Waals surface area contributed by atoms with Gasteiger partial charge in [-0.1, -0.05) is 36.4 Å². The van der Waals surface area contributed by atoms with Crippen LogP contribution in [0.15, 0.2) is 67.3 Å². The van der Waals surface area contributed by atoms with Gasteiger partial charge < -0.3 is 15.6 Å². The van der Waals surface area contributed by atoms with Crippen molar-refractivity contribution in [3.63, 3.8) is 0 Å². The van der Waals surface area contributed by atoms with Crippen molar-refractivity contribution in [3.05, 3.63) is 107 Å². The summed E-state index contributed by atoms with van der Waals surface area (Å²) < 4.78 is 31.7. The second-order valence-electron chi connectivity index (χ2n) is 9.57. The molecule has 1 amide bonds. The molecular formula is C28H25F2N7O. The summed E-state index contributed by atoms with van der Waals surface area (Å²) >= 11 is 0. The van der Waals surface area contributed by atoms with E-state index >= 15 is 4.39 Å². The zero-order valence-electron chi connectivity index (χ0n) is 20.4. The quantitative estimate of drug-likeness (QED) is 0.320. The second-order valence-corrected chi connectivity index (χ2v) is 9.57. The molecule has 6 rings (SSSR count). The van der Waals surface area contributed by atoms with Crippen LogP contribution >= 0.6 is 0 Å². The second kappa shape index (κ2) is 9.70. The summed E-state index contributed by atoms with van der Waals surface area (Å²) in [5.41, 5.74) is 8.56.